The number of imide groups is 1. The van der Waals surface area contributed by atoms with Crippen molar-refractivity contribution in [2.75, 3.05) is 13.7 Å². The van der Waals surface area contributed by atoms with Gasteiger partial charge < -0.3 is 15.4 Å². The molecule has 1 aromatic carbocycles. The lowest BCUT2D eigenvalue weighted by Crippen LogP contribution is -2.52. The van der Waals surface area contributed by atoms with E-state index in [9.17, 15) is 14.4 Å². The largest absolute Gasteiger partial charge is 0.497 e. The third-order valence-electron chi connectivity index (χ3n) is 6.15. The van der Waals surface area contributed by atoms with Crippen LogP contribution in [0.25, 0.3) is 0 Å². The number of methoxy groups -OCH3 is 1. The van der Waals surface area contributed by atoms with Gasteiger partial charge in [0.1, 0.15) is 11.3 Å². The molecule has 8 heteroatoms. The number of nitrogens with zero attached hydrogens (tertiary/aromatic N) is 1. The van der Waals surface area contributed by atoms with Gasteiger partial charge in [-0.1, -0.05) is 32.9 Å². The molecular formula is C22H32N4O4. The van der Waals surface area contributed by atoms with Crippen molar-refractivity contribution in [3.8, 4) is 5.75 Å². The summed E-state index contributed by atoms with van der Waals surface area (Å²) in [6.07, 6.45) is 2.98. The third-order valence-corrected chi connectivity index (χ3v) is 6.15. The lowest BCUT2D eigenvalue weighted by molar-refractivity contribution is -0.139. The first kappa shape index (κ1) is 22.1. The maximum atomic E-state index is 12.9. The Morgan fingerprint density at radius 1 is 1.23 bits per heavy atom. The number of hydrazine groups is 1. The lowest BCUT2D eigenvalue weighted by atomic mass is 9.77. The van der Waals surface area contributed by atoms with Crippen molar-refractivity contribution in [1.29, 1.82) is 0 Å². The van der Waals surface area contributed by atoms with Crippen LogP contribution in [-0.2, 0) is 9.59 Å². The molecule has 0 radical (unpaired) electrons. The van der Waals surface area contributed by atoms with Gasteiger partial charge in [0, 0.05) is 6.04 Å². The molecule has 2 aliphatic rings. The number of benzene rings is 1. The van der Waals surface area contributed by atoms with Gasteiger partial charge in [-0.25, -0.2) is 4.79 Å². The Kier molecular flexibility index (Phi) is 6.65. The predicted molar refractivity (Wildman–Crippen MR) is 112 cm³/mol. The van der Waals surface area contributed by atoms with Crippen LogP contribution in [0.3, 0.4) is 0 Å². The minimum absolute atomic E-state index is 0.0179. The maximum absolute atomic E-state index is 12.9. The van der Waals surface area contributed by atoms with Gasteiger partial charge in [-0.05, 0) is 55.2 Å². The molecule has 164 valence electrons. The second-order valence-corrected chi connectivity index (χ2v) is 8.75. The van der Waals surface area contributed by atoms with E-state index >= 15 is 0 Å². The zero-order chi connectivity index (χ0) is 21.9. The van der Waals surface area contributed by atoms with Crippen LogP contribution in [-0.4, -0.2) is 42.0 Å². The van der Waals surface area contributed by atoms with Gasteiger partial charge in [0.25, 0.3) is 11.8 Å². The molecule has 1 spiro atoms. The SMILES string of the molecule is COc1ccc([C@H](NCC(=O)NN2C(=O)NC3(CCC(C)CC3)C2=O)C(C)C)cc1. The number of carbonyl (C=O) groups excluding carboxylic acids is 3. The average molecular weight is 417 g/mol. The molecule has 4 amide bonds. The number of hydrogen-bond donors (Lipinski definition) is 3. The molecule has 3 rings (SSSR count). The molecule has 1 saturated heterocycles. The molecule has 1 aliphatic carbocycles. The van der Waals surface area contributed by atoms with Gasteiger partial charge in [0.2, 0.25) is 0 Å². The van der Waals surface area contributed by atoms with E-state index in [1.807, 2.05) is 24.3 Å². The third kappa shape index (κ3) is 4.59. The number of urea groups is 1. The number of nitrogens with one attached hydrogen (secondary N) is 3. The van der Waals surface area contributed by atoms with Crippen LogP contribution in [0, 0.1) is 11.8 Å². The van der Waals surface area contributed by atoms with Gasteiger partial charge >= 0.3 is 6.03 Å². The zero-order valence-electron chi connectivity index (χ0n) is 18.2. The molecule has 1 heterocycles. The number of amides is 4. The predicted octanol–water partition coefficient (Wildman–Crippen LogP) is 2.51. The van der Waals surface area contributed by atoms with E-state index in [2.05, 4.69) is 36.8 Å². The van der Waals surface area contributed by atoms with E-state index < -0.39 is 17.5 Å². The molecule has 0 unspecified atom stereocenters. The van der Waals surface area contributed by atoms with Crippen LogP contribution >= 0.6 is 0 Å². The Bertz CT molecular complexity index is 785. The Hall–Kier alpha value is -2.61. The standard InChI is InChI=1S/C22H32N4O4/c1-14(2)19(16-5-7-17(30-4)8-6-16)23-13-18(27)25-26-20(28)22(24-21(26)29)11-9-15(3)10-12-22/h5-8,14-15,19,23H,9-13H2,1-4H3,(H,24,29)(H,25,27)/t15?,19-,22?/m1/s1. The highest BCUT2D eigenvalue weighted by Crippen LogP contribution is 2.35. The smallest absolute Gasteiger partial charge is 0.344 e. The highest BCUT2D eigenvalue weighted by molar-refractivity contribution is 6.08. The Morgan fingerprint density at radius 2 is 1.87 bits per heavy atom. The maximum Gasteiger partial charge on any atom is 0.344 e. The molecule has 30 heavy (non-hydrogen) atoms. The highest BCUT2D eigenvalue weighted by Gasteiger charge is 2.52. The van der Waals surface area contributed by atoms with E-state index in [4.69, 9.17) is 4.74 Å². The summed E-state index contributed by atoms with van der Waals surface area (Å²) in [4.78, 5) is 37.7. The van der Waals surface area contributed by atoms with Crippen LogP contribution in [0.15, 0.2) is 24.3 Å². The first-order valence-corrected chi connectivity index (χ1v) is 10.6. The monoisotopic (exact) mass is 416 g/mol. The molecule has 1 aliphatic heterocycles. The van der Waals surface area contributed by atoms with Gasteiger partial charge in [-0.2, -0.15) is 5.01 Å². The summed E-state index contributed by atoms with van der Waals surface area (Å²) < 4.78 is 5.20. The number of carbonyl (C=O) groups is 3. The molecule has 3 N–H and O–H groups in total. The van der Waals surface area contributed by atoms with Crippen LogP contribution in [0.5, 0.6) is 5.75 Å². The summed E-state index contributed by atoms with van der Waals surface area (Å²) in [5, 5.41) is 6.88. The van der Waals surface area contributed by atoms with E-state index in [1.54, 1.807) is 7.11 Å². The number of rotatable bonds is 7. The van der Waals surface area contributed by atoms with E-state index in [1.165, 1.54) is 0 Å². The second kappa shape index (κ2) is 9.04. The van der Waals surface area contributed by atoms with Crippen molar-refractivity contribution >= 4 is 17.8 Å². The molecular weight excluding hydrogens is 384 g/mol. The minimum atomic E-state index is -0.867. The van der Waals surface area contributed by atoms with Gasteiger partial charge in [-0.3, -0.25) is 15.0 Å². The molecule has 1 aromatic rings. The van der Waals surface area contributed by atoms with Crippen molar-refractivity contribution in [2.24, 2.45) is 11.8 Å². The van der Waals surface area contributed by atoms with E-state index in [-0.39, 0.29) is 24.4 Å². The zero-order valence-corrected chi connectivity index (χ0v) is 18.2. The number of hydrogen-bond acceptors (Lipinski definition) is 5. The summed E-state index contributed by atoms with van der Waals surface area (Å²) in [5.74, 6) is 0.750. The Labute approximate surface area is 177 Å². The fraction of sp³-hybridized carbons (Fsp3) is 0.591. The van der Waals surface area contributed by atoms with Crippen molar-refractivity contribution in [3.63, 3.8) is 0 Å². The summed E-state index contributed by atoms with van der Waals surface area (Å²) in [6.45, 7) is 6.25. The van der Waals surface area contributed by atoms with E-state index in [0.717, 1.165) is 29.2 Å². The fourth-order valence-corrected chi connectivity index (χ4v) is 4.23. The van der Waals surface area contributed by atoms with Crippen LogP contribution in [0.1, 0.15) is 58.1 Å². The van der Waals surface area contributed by atoms with Gasteiger partial charge in [0.15, 0.2) is 0 Å². The summed E-state index contributed by atoms with van der Waals surface area (Å²) >= 11 is 0. The molecule has 0 aromatic heterocycles. The quantitative estimate of drug-likeness (QED) is 0.593. The Morgan fingerprint density at radius 3 is 2.43 bits per heavy atom. The van der Waals surface area contributed by atoms with Crippen molar-refractivity contribution in [3.05, 3.63) is 29.8 Å². The molecule has 2 fully saturated rings. The lowest BCUT2D eigenvalue weighted by Gasteiger charge is -2.33. The highest BCUT2D eigenvalue weighted by atomic mass is 16.5. The van der Waals surface area contributed by atoms with Crippen LogP contribution in [0.4, 0.5) is 4.79 Å². The molecule has 1 saturated carbocycles. The van der Waals surface area contributed by atoms with Crippen LogP contribution in [0.2, 0.25) is 0 Å². The van der Waals surface area contributed by atoms with Gasteiger partial charge in [-0.15, -0.1) is 0 Å². The summed E-state index contributed by atoms with van der Waals surface area (Å²) in [6, 6.07) is 7.06. The van der Waals surface area contributed by atoms with Crippen LogP contribution < -0.4 is 20.8 Å². The topological polar surface area (TPSA) is 99.8 Å². The Balaban J connectivity index is 1.59. The van der Waals surface area contributed by atoms with Crippen molar-refractivity contribution in [1.82, 2.24) is 21.1 Å². The molecule has 1 atom stereocenters. The molecule has 0 bridgehead atoms. The summed E-state index contributed by atoms with van der Waals surface area (Å²) in [5.41, 5.74) is 2.64. The minimum Gasteiger partial charge on any atom is -0.497 e. The van der Waals surface area contributed by atoms with Gasteiger partial charge in [0.05, 0.1) is 13.7 Å². The first-order chi connectivity index (χ1) is 14.3. The average Bonchev–Trinajstić information content (AvgIpc) is 2.95. The van der Waals surface area contributed by atoms with Crippen molar-refractivity contribution in [2.45, 2.75) is 58.0 Å². The number of ether oxygens (including phenoxy) is 1. The second-order valence-electron chi connectivity index (χ2n) is 8.75. The fourth-order valence-electron chi connectivity index (χ4n) is 4.23. The normalized spacial score (nSPS) is 24.8. The summed E-state index contributed by atoms with van der Waals surface area (Å²) in [7, 11) is 1.62. The van der Waals surface area contributed by atoms with E-state index in [0.29, 0.717) is 18.8 Å². The van der Waals surface area contributed by atoms with Crippen molar-refractivity contribution < 1.29 is 19.1 Å². The molecule has 8 nitrogen and oxygen atoms in total. The first-order valence-electron chi connectivity index (χ1n) is 10.6.